The molecule has 0 bridgehead atoms. The summed E-state index contributed by atoms with van der Waals surface area (Å²) in [7, 11) is -3.55. The quantitative estimate of drug-likeness (QED) is 0.633. The first kappa shape index (κ1) is 16.7. The third-order valence-corrected chi connectivity index (χ3v) is 6.97. The SMILES string of the molecule is CCCOP1(OCC)(OCCC)Cc2cccc(C)c2O1. The van der Waals surface area contributed by atoms with Crippen LogP contribution in [-0.4, -0.2) is 19.8 Å². The first-order valence-electron chi connectivity index (χ1n) is 7.84. The predicted octanol–water partition coefficient (Wildman–Crippen LogP) is 4.99. The molecule has 1 aromatic carbocycles. The van der Waals surface area contributed by atoms with E-state index in [2.05, 4.69) is 19.9 Å². The Hall–Kier alpha value is -0.670. The van der Waals surface area contributed by atoms with E-state index >= 15 is 0 Å². The Morgan fingerprint density at radius 1 is 1.05 bits per heavy atom. The first-order chi connectivity index (χ1) is 10.1. The topological polar surface area (TPSA) is 36.9 Å². The van der Waals surface area contributed by atoms with E-state index in [4.69, 9.17) is 18.1 Å². The Balaban J connectivity index is 2.40. The fourth-order valence-corrected chi connectivity index (χ4v) is 6.28. The Labute approximate surface area is 128 Å². The molecule has 2 rings (SSSR count). The molecule has 0 atom stereocenters. The number of para-hydroxylation sites is 1. The van der Waals surface area contributed by atoms with Crippen molar-refractivity contribution in [3.63, 3.8) is 0 Å². The van der Waals surface area contributed by atoms with Crippen molar-refractivity contribution in [3.05, 3.63) is 29.3 Å². The number of rotatable bonds is 8. The molecule has 0 N–H and O–H groups in total. The summed E-state index contributed by atoms with van der Waals surface area (Å²) in [4.78, 5) is 0. The molecule has 1 aliphatic rings. The standard InChI is InChI=1S/C16H27O4P/c1-5-11-18-21(17-7-3,19-12-6-2)13-15-10-8-9-14(4)16(15)20-21/h8-10H,5-7,11-13H2,1-4H3. The molecule has 0 amide bonds. The molecular formula is C16H27O4P. The van der Waals surface area contributed by atoms with Crippen LogP contribution in [0.4, 0.5) is 0 Å². The van der Waals surface area contributed by atoms with Crippen LogP contribution in [0.25, 0.3) is 0 Å². The average Bonchev–Trinajstić information content (AvgIpc) is 2.81. The molecule has 0 unspecified atom stereocenters. The van der Waals surface area contributed by atoms with E-state index in [0.717, 1.165) is 29.7 Å². The molecule has 0 aromatic heterocycles. The van der Waals surface area contributed by atoms with Crippen molar-refractivity contribution >= 4 is 7.51 Å². The molecule has 0 saturated carbocycles. The number of benzene rings is 1. The molecule has 21 heavy (non-hydrogen) atoms. The van der Waals surface area contributed by atoms with Gasteiger partial charge in [0.1, 0.15) is 0 Å². The molecule has 1 aromatic rings. The van der Waals surface area contributed by atoms with Gasteiger partial charge < -0.3 is 0 Å². The van der Waals surface area contributed by atoms with Gasteiger partial charge >= 0.3 is 127 Å². The second kappa shape index (κ2) is 6.62. The molecule has 0 fully saturated rings. The third-order valence-electron chi connectivity index (χ3n) is 3.46. The zero-order chi connectivity index (χ0) is 15.4. The van der Waals surface area contributed by atoms with E-state index in [9.17, 15) is 0 Å². The van der Waals surface area contributed by atoms with Crippen LogP contribution in [-0.2, 0) is 19.7 Å². The minimum absolute atomic E-state index is 0.512. The average molecular weight is 314 g/mol. The molecule has 1 heterocycles. The van der Waals surface area contributed by atoms with Gasteiger partial charge in [-0.05, 0) is 0 Å². The van der Waals surface area contributed by atoms with Crippen molar-refractivity contribution in [2.45, 2.75) is 46.7 Å². The van der Waals surface area contributed by atoms with Crippen molar-refractivity contribution in [1.82, 2.24) is 0 Å². The van der Waals surface area contributed by atoms with Gasteiger partial charge in [0.2, 0.25) is 0 Å². The van der Waals surface area contributed by atoms with Crippen molar-refractivity contribution in [2.75, 3.05) is 19.8 Å². The van der Waals surface area contributed by atoms with Crippen LogP contribution in [0.5, 0.6) is 5.75 Å². The zero-order valence-corrected chi connectivity index (χ0v) is 14.4. The van der Waals surface area contributed by atoms with Gasteiger partial charge in [-0.1, -0.05) is 0 Å². The number of hydrogen-bond donors (Lipinski definition) is 0. The Morgan fingerprint density at radius 2 is 1.71 bits per heavy atom. The maximum absolute atomic E-state index is 6.32. The normalized spacial score (nSPS) is 20.3. The zero-order valence-electron chi connectivity index (χ0n) is 13.6. The summed E-state index contributed by atoms with van der Waals surface area (Å²) in [5.41, 5.74) is 2.22. The summed E-state index contributed by atoms with van der Waals surface area (Å²) in [6, 6.07) is 6.15. The van der Waals surface area contributed by atoms with Gasteiger partial charge in [0.05, 0.1) is 0 Å². The Bertz CT molecular complexity index is 481. The number of fused-ring (bicyclic) bond motifs is 1. The van der Waals surface area contributed by atoms with E-state index in [1.807, 2.05) is 26.0 Å². The van der Waals surface area contributed by atoms with Crippen molar-refractivity contribution in [2.24, 2.45) is 0 Å². The fourth-order valence-electron chi connectivity index (χ4n) is 2.57. The van der Waals surface area contributed by atoms with Crippen LogP contribution >= 0.6 is 7.51 Å². The molecule has 0 spiro atoms. The van der Waals surface area contributed by atoms with Crippen LogP contribution in [0, 0.1) is 6.92 Å². The summed E-state index contributed by atoms with van der Waals surface area (Å²) < 4.78 is 24.7. The minimum atomic E-state index is -3.55. The second-order valence-corrected chi connectivity index (χ2v) is 8.56. The summed E-state index contributed by atoms with van der Waals surface area (Å²) in [6.45, 7) is 9.82. The van der Waals surface area contributed by atoms with Crippen LogP contribution < -0.4 is 4.52 Å². The number of hydrogen-bond acceptors (Lipinski definition) is 4. The molecule has 4 nitrogen and oxygen atoms in total. The van der Waals surface area contributed by atoms with Gasteiger partial charge in [0, 0.05) is 0 Å². The molecule has 0 saturated heterocycles. The molecule has 0 radical (unpaired) electrons. The Morgan fingerprint density at radius 3 is 2.24 bits per heavy atom. The van der Waals surface area contributed by atoms with Crippen molar-refractivity contribution in [1.29, 1.82) is 0 Å². The van der Waals surface area contributed by atoms with E-state index in [1.54, 1.807) is 0 Å². The molecule has 1 aliphatic heterocycles. The third kappa shape index (κ3) is 3.24. The fraction of sp³-hybridized carbons (Fsp3) is 0.625. The number of aryl methyl sites for hydroxylation is 1. The van der Waals surface area contributed by atoms with E-state index in [0.29, 0.717) is 26.0 Å². The van der Waals surface area contributed by atoms with Crippen LogP contribution in [0.1, 0.15) is 44.7 Å². The summed E-state index contributed by atoms with van der Waals surface area (Å²) in [5.74, 6) is 0.871. The summed E-state index contributed by atoms with van der Waals surface area (Å²) in [6.07, 6.45) is 2.38. The monoisotopic (exact) mass is 314 g/mol. The molecule has 5 heteroatoms. The molecule has 0 aliphatic carbocycles. The summed E-state index contributed by atoms with van der Waals surface area (Å²) in [5, 5.41) is 0. The molecule has 120 valence electrons. The van der Waals surface area contributed by atoms with Gasteiger partial charge in [-0.15, -0.1) is 0 Å². The van der Waals surface area contributed by atoms with Crippen LogP contribution in [0.2, 0.25) is 0 Å². The maximum atomic E-state index is 6.32. The van der Waals surface area contributed by atoms with Gasteiger partial charge in [0.15, 0.2) is 0 Å². The van der Waals surface area contributed by atoms with E-state index < -0.39 is 7.51 Å². The van der Waals surface area contributed by atoms with Crippen LogP contribution in [0.3, 0.4) is 0 Å². The van der Waals surface area contributed by atoms with Crippen LogP contribution in [0.15, 0.2) is 18.2 Å². The second-order valence-electron chi connectivity index (χ2n) is 5.36. The first-order valence-corrected chi connectivity index (χ1v) is 9.93. The van der Waals surface area contributed by atoms with E-state index in [-0.39, 0.29) is 0 Å². The van der Waals surface area contributed by atoms with Gasteiger partial charge in [-0.2, -0.15) is 0 Å². The predicted molar refractivity (Wildman–Crippen MR) is 86.5 cm³/mol. The van der Waals surface area contributed by atoms with Crippen molar-refractivity contribution in [3.8, 4) is 5.75 Å². The Kier molecular flexibility index (Phi) is 5.26. The van der Waals surface area contributed by atoms with E-state index in [1.165, 1.54) is 0 Å². The van der Waals surface area contributed by atoms with Crippen molar-refractivity contribution < 1.29 is 18.1 Å². The molecular weight excluding hydrogens is 287 g/mol. The van der Waals surface area contributed by atoms with Gasteiger partial charge in [-0.3, -0.25) is 0 Å². The van der Waals surface area contributed by atoms with Gasteiger partial charge in [0.25, 0.3) is 0 Å². The summed E-state index contributed by atoms with van der Waals surface area (Å²) >= 11 is 0. The van der Waals surface area contributed by atoms with Gasteiger partial charge in [-0.25, -0.2) is 0 Å².